The molecule has 0 saturated carbocycles. The molecule has 18 heavy (non-hydrogen) atoms. The van der Waals surface area contributed by atoms with E-state index in [9.17, 15) is 0 Å². The largest absolute Gasteiger partial charge is 0.319 e. The van der Waals surface area contributed by atoms with Crippen molar-refractivity contribution in [3.63, 3.8) is 0 Å². The molecule has 1 aromatic rings. The van der Waals surface area contributed by atoms with E-state index in [1.165, 1.54) is 43.5 Å². The molecule has 1 fully saturated rings. The molecule has 0 amide bonds. The topological polar surface area (TPSA) is 15.3 Å². The van der Waals surface area contributed by atoms with E-state index in [1.807, 2.05) is 0 Å². The summed E-state index contributed by atoms with van der Waals surface area (Å²) in [6, 6.07) is 9.17. The van der Waals surface area contributed by atoms with Crippen molar-refractivity contribution in [1.29, 1.82) is 0 Å². The van der Waals surface area contributed by atoms with E-state index < -0.39 is 0 Å². The van der Waals surface area contributed by atoms with Crippen molar-refractivity contribution >= 4 is 0 Å². The molecule has 0 radical (unpaired) electrons. The van der Waals surface area contributed by atoms with E-state index in [0.717, 1.165) is 6.54 Å². The molecule has 1 heterocycles. The third-order valence-electron chi connectivity index (χ3n) is 4.35. The number of likely N-dealkylation sites (N-methyl/N-ethyl adjacent to an activating group) is 1. The Labute approximate surface area is 111 Å². The quantitative estimate of drug-likeness (QED) is 0.882. The summed E-state index contributed by atoms with van der Waals surface area (Å²) in [4.78, 5) is 2.46. The van der Waals surface area contributed by atoms with Crippen LogP contribution in [0.3, 0.4) is 0 Å². The fourth-order valence-electron chi connectivity index (χ4n) is 3.14. The zero-order valence-electron chi connectivity index (χ0n) is 12.0. The molecule has 1 atom stereocenters. The van der Waals surface area contributed by atoms with Gasteiger partial charge in [-0.1, -0.05) is 29.8 Å². The number of hydrogen-bond donors (Lipinski definition) is 1. The van der Waals surface area contributed by atoms with Gasteiger partial charge in [0.25, 0.3) is 0 Å². The van der Waals surface area contributed by atoms with Crippen molar-refractivity contribution in [2.24, 2.45) is 0 Å². The van der Waals surface area contributed by atoms with E-state index >= 15 is 0 Å². The molecule has 1 saturated heterocycles. The first-order chi connectivity index (χ1) is 8.66. The highest BCUT2D eigenvalue weighted by molar-refractivity contribution is 5.29. The van der Waals surface area contributed by atoms with E-state index in [1.54, 1.807) is 0 Å². The van der Waals surface area contributed by atoms with Crippen LogP contribution in [0, 0.1) is 6.92 Å². The lowest BCUT2D eigenvalue weighted by atomic mass is 9.74. The first-order valence-electron chi connectivity index (χ1n) is 7.07. The highest BCUT2D eigenvalue weighted by atomic mass is 15.1. The maximum Gasteiger partial charge on any atom is 0.00902 e. The molecule has 1 aliphatic heterocycles. The molecule has 0 spiro atoms. The van der Waals surface area contributed by atoms with Gasteiger partial charge in [0.1, 0.15) is 0 Å². The summed E-state index contributed by atoms with van der Waals surface area (Å²) in [6.45, 7) is 5.69. The molecule has 2 heteroatoms. The summed E-state index contributed by atoms with van der Waals surface area (Å²) in [5.74, 6) is 0. The third kappa shape index (κ3) is 2.93. The lowest BCUT2D eigenvalue weighted by Crippen LogP contribution is -2.37. The maximum absolute atomic E-state index is 3.42. The molecule has 0 bridgehead atoms. The minimum absolute atomic E-state index is 0.327. The Hall–Kier alpha value is -0.860. The van der Waals surface area contributed by atoms with Crippen LogP contribution >= 0.6 is 0 Å². The lowest BCUT2D eigenvalue weighted by Gasteiger charge is -2.33. The highest BCUT2D eigenvalue weighted by Crippen LogP contribution is 2.34. The van der Waals surface area contributed by atoms with Crippen LogP contribution < -0.4 is 5.32 Å². The summed E-state index contributed by atoms with van der Waals surface area (Å²) in [5, 5.41) is 3.42. The van der Waals surface area contributed by atoms with Crippen LogP contribution in [0.4, 0.5) is 0 Å². The van der Waals surface area contributed by atoms with E-state index in [-0.39, 0.29) is 0 Å². The van der Waals surface area contributed by atoms with Gasteiger partial charge in [-0.2, -0.15) is 0 Å². The van der Waals surface area contributed by atoms with Crippen LogP contribution in [0.1, 0.15) is 30.4 Å². The number of aryl methyl sites for hydroxylation is 1. The number of likely N-dealkylation sites (tertiary alicyclic amines) is 1. The van der Waals surface area contributed by atoms with Crippen molar-refractivity contribution < 1.29 is 0 Å². The number of hydrogen-bond acceptors (Lipinski definition) is 2. The molecule has 100 valence electrons. The first kappa shape index (κ1) is 13.6. The van der Waals surface area contributed by atoms with Gasteiger partial charge in [0.05, 0.1) is 0 Å². The second-order valence-corrected chi connectivity index (χ2v) is 5.83. The van der Waals surface area contributed by atoms with Gasteiger partial charge in [-0.15, -0.1) is 0 Å². The molecular weight excluding hydrogens is 220 g/mol. The van der Waals surface area contributed by atoms with E-state index in [2.05, 4.69) is 55.5 Å². The van der Waals surface area contributed by atoms with Crippen molar-refractivity contribution in [1.82, 2.24) is 10.2 Å². The molecule has 1 aliphatic rings. The lowest BCUT2D eigenvalue weighted by molar-refractivity contribution is 0.322. The average molecular weight is 246 g/mol. The van der Waals surface area contributed by atoms with Crippen LogP contribution in [0.2, 0.25) is 0 Å². The standard InChI is InChI=1S/C16H26N2/c1-14-5-7-15(8-6-14)16(13-17-2)9-4-11-18(3)12-10-16/h5-8,17H,4,9-13H2,1-3H3. The van der Waals surface area contributed by atoms with Crippen LogP contribution in [0.5, 0.6) is 0 Å². The predicted octanol–water partition coefficient (Wildman–Crippen LogP) is 2.57. The van der Waals surface area contributed by atoms with Gasteiger partial charge in [0, 0.05) is 12.0 Å². The Morgan fingerprint density at radius 3 is 2.56 bits per heavy atom. The van der Waals surface area contributed by atoms with Gasteiger partial charge in [-0.3, -0.25) is 0 Å². The Kier molecular flexibility index (Phi) is 4.41. The Balaban J connectivity index is 2.27. The van der Waals surface area contributed by atoms with Gasteiger partial charge in [0.2, 0.25) is 0 Å². The molecule has 0 aliphatic carbocycles. The van der Waals surface area contributed by atoms with Crippen molar-refractivity contribution in [3.8, 4) is 0 Å². The fraction of sp³-hybridized carbons (Fsp3) is 0.625. The Morgan fingerprint density at radius 1 is 1.17 bits per heavy atom. The first-order valence-corrected chi connectivity index (χ1v) is 7.07. The Bertz CT molecular complexity index is 371. The summed E-state index contributed by atoms with van der Waals surface area (Å²) >= 11 is 0. The fourth-order valence-corrected chi connectivity index (χ4v) is 3.14. The average Bonchev–Trinajstić information content (AvgIpc) is 2.54. The Morgan fingerprint density at radius 2 is 1.89 bits per heavy atom. The number of nitrogens with one attached hydrogen (secondary N) is 1. The van der Waals surface area contributed by atoms with Crippen molar-refractivity contribution in [2.75, 3.05) is 33.7 Å². The van der Waals surface area contributed by atoms with E-state index in [0.29, 0.717) is 5.41 Å². The second kappa shape index (κ2) is 5.85. The minimum Gasteiger partial charge on any atom is -0.319 e. The normalized spacial score (nSPS) is 25.9. The summed E-state index contributed by atoms with van der Waals surface area (Å²) in [6.07, 6.45) is 3.85. The zero-order chi connectivity index (χ0) is 13.0. The van der Waals surface area contributed by atoms with E-state index in [4.69, 9.17) is 0 Å². The predicted molar refractivity (Wildman–Crippen MR) is 78.1 cm³/mol. The number of nitrogens with zero attached hydrogens (tertiary/aromatic N) is 1. The molecule has 2 rings (SSSR count). The molecular formula is C16H26N2. The number of rotatable bonds is 3. The molecule has 2 nitrogen and oxygen atoms in total. The number of benzene rings is 1. The van der Waals surface area contributed by atoms with Gasteiger partial charge in [-0.05, 0) is 58.9 Å². The third-order valence-corrected chi connectivity index (χ3v) is 4.35. The van der Waals surface area contributed by atoms with Crippen LogP contribution in [0.25, 0.3) is 0 Å². The minimum atomic E-state index is 0.327. The van der Waals surface area contributed by atoms with Gasteiger partial charge in [0.15, 0.2) is 0 Å². The van der Waals surface area contributed by atoms with Crippen LogP contribution in [0.15, 0.2) is 24.3 Å². The highest BCUT2D eigenvalue weighted by Gasteiger charge is 2.32. The zero-order valence-corrected chi connectivity index (χ0v) is 12.0. The van der Waals surface area contributed by atoms with Gasteiger partial charge in [-0.25, -0.2) is 0 Å². The summed E-state index contributed by atoms with van der Waals surface area (Å²) < 4.78 is 0. The van der Waals surface area contributed by atoms with Crippen LogP contribution in [-0.2, 0) is 5.41 Å². The smallest absolute Gasteiger partial charge is 0.00902 e. The molecule has 1 N–H and O–H groups in total. The summed E-state index contributed by atoms with van der Waals surface area (Å²) in [5.41, 5.74) is 3.19. The van der Waals surface area contributed by atoms with Crippen molar-refractivity contribution in [3.05, 3.63) is 35.4 Å². The SMILES string of the molecule is CNCC1(c2ccc(C)cc2)CCCN(C)CC1. The van der Waals surface area contributed by atoms with Crippen LogP contribution in [-0.4, -0.2) is 38.6 Å². The van der Waals surface area contributed by atoms with Gasteiger partial charge >= 0.3 is 0 Å². The summed E-state index contributed by atoms with van der Waals surface area (Å²) in [7, 11) is 4.31. The molecule has 0 aromatic heterocycles. The van der Waals surface area contributed by atoms with Gasteiger partial charge < -0.3 is 10.2 Å². The maximum atomic E-state index is 3.42. The molecule has 1 aromatic carbocycles. The second-order valence-electron chi connectivity index (χ2n) is 5.83. The molecule has 1 unspecified atom stereocenters. The van der Waals surface area contributed by atoms with Crippen molar-refractivity contribution in [2.45, 2.75) is 31.6 Å². The monoisotopic (exact) mass is 246 g/mol.